The molecule has 1 amide bonds. The Hall–Kier alpha value is -2.02. The van der Waals surface area contributed by atoms with Crippen LogP contribution in [-0.2, 0) is 4.74 Å². The van der Waals surface area contributed by atoms with Crippen molar-refractivity contribution in [2.45, 2.75) is 79.5 Å². The molecule has 2 unspecified atom stereocenters. The zero-order valence-corrected chi connectivity index (χ0v) is 21.0. The summed E-state index contributed by atoms with van der Waals surface area (Å²) < 4.78 is 5.57. The fourth-order valence-electron chi connectivity index (χ4n) is 4.01. The predicted molar refractivity (Wildman–Crippen MR) is 130 cm³/mol. The van der Waals surface area contributed by atoms with E-state index in [1.807, 2.05) is 68.5 Å². The minimum atomic E-state index is -0.522. The Balaban J connectivity index is 0.00000166. The molecule has 1 aliphatic rings. The largest absolute Gasteiger partial charge is 0.444 e. The first-order chi connectivity index (χ1) is 14.4. The van der Waals surface area contributed by atoms with Crippen molar-refractivity contribution in [3.63, 3.8) is 0 Å². The quantitative estimate of drug-likeness (QED) is 0.502. The van der Waals surface area contributed by atoms with Crippen molar-refractivity contribution in [3.8, 4) is 0 Å². The maximum atomic E-state index is 12.6. The van der Waals surface area contributed by atoms with Gasteiger partial charge < -0.3 is 14.5 Å². The van der Waals surface area contributed by atoms with Gasteiger partial charge in [-0.1, -0.05) is 24.9 Å². The van der Waals surface area contributed by atoms with E-state index in [0.717, 1.165) is 34.3 Å². The minimum absolute atomic E-state index is 0.0328. The number of nitrogens with zero attached hydrogens (tertiary/aromatic N) is 4. The average molecular weight is 445 g/mol. The fraction of sp³-hybridized carbons (Fsp3) is 0.609. The Morgan fingerprint density at radius 1 is 1.29 bits per heavy atom. The molecule has 168 valence electrons. The molecule has 1 aromatic carbocycles. The molecule has 2 atom stereocenters. The number of ether oxygens (including phenoxy) is 1. The Labute approximate surface area is 192 Å². The second-order valence-corrected chi connectivity index (χ2v) is 9.16. The van der Waals surface area contributed by atoms with Crippen LogP contribution in [0.25, 0.3) is 10.9 Å². The van der Waals surface area contributed by atoms with Crippen LogP contribution < -0.4 is 10.4 Å². The van der Waals surface area contributed by atoms with Crippen LogP contribution in [0.15, 0.2) is 6.07 Å². The minimum Gasteiger partial charge on any atom is -0.444 e. The third-order valence-corrected chi connectivity index (χ3v) is 5.79. The van der Waals surface area contributed by atoms with Crippen molar-refractivity contribution >= 4 is 47.7 Å². The lowest BCUT2D eigenvalue weighted by atomic mass is 9.85. The molecular weight excluding hydrogens is 411 g/mol. The van der Waals surface area contributed by atoms with Gasteiger partial charge in [0.25, 0.3) is 0 Å². The van der Waals surface area contributed by atoms with Crippen LogP contribution in [-0.4, -0.2) is 60.1 Å². The molecule has 1 fully saturated rings. The number of carbonyl (C=O) groups is 1. The summed E-state index contributed by atoms with van der Waals surface area (Å²) in [6.07, 6.45) is 0.526. The molecule has 2 aromatic rings. The molecule has 31 heavy (non-hydrogen) atoms. The van der Waals surface area contributed by atoms with Crippen molar-refractivity contribution in [1.82, 2.24) is 14.9 Å². The molecule has 0 spiro atoms. The van der Waals surface area contributed by atoms with Crippen molar-refractivity contribution in [3.05, 3.63) is 22.5 Å². The van der Waals surface area contributed by atoms with E-state index in [2.05, 4.69) is 14.9 Å². The standard InChI is InChI=1S/C21H28BClN4O2.C2H6/c1-11-10-14-17(12(2)16(11)22)24-19(23)25-18(14)26(7)15-8-9-27(13(15)3)20(28)29-21(4,5)6;1-2/h10,13,15H,8-9H2,1-7H3;1-2H3. The lowest BCUT2D eigenvalue weighted by Gasteiger charge is -2.33. The van der Waals surface area contributed by atoms with Crippen molar-refractivity contribution < 1.29 is 9.53 Å². The normalized spacial score (nSPS) is 18.6. The summed E-state index contributed by atoms with van der Waals surface area (Å²) in [6.45, 7) is 16.2. The zero-order valence-electron chi connectivity index (χ0n) is 20.2. The molecule has 1 aromatic heterocycles. The number of likely N-dealkylation sites (tertiary alicyclic amines) is 1. The van der Waals surface area contributed by atoms with Crippen LogP contribution in [0.3, 0.4) is 0 Å². The average Bonchev–Trinajstić information content (AvgIpc) is 3.08. The van der Waals surface area contributed by atoms with Crippen LogP contribution >= 0.6 is 11.6 Å². The van der Waals surface area contributed by atoms with Crippen molar-refractivity contribution in [2.75, 3.05) is 18.5 Å². The molecule has 0 aliphatic carbocycles. The Kier molecular flexibility index (Phi) is 7.85. The lowest BCUT2D eigenvalue weighted by molar-refractivity contribution is 0.0233. The highest BCUT2D eigenvalue weighted by Gasteiger charge is 2.39. The Morgan fingerprint density at radius 3 is 2.48 bits per heavy atom. The highest BCUT2D eigenvalue weighted by atomic mass is 35.5. The molecule has 1 saturated heterocycles. The smallest absolute Gasteiger partial charge is 0.410 e. The molecule has 8 heteroatoms. The Morgan fingerprint density at radius 2 is 1.90 bits per heavy atom. The number of anilines is 1. The summed E-state index contributed by atoms with van der Waals surface area (Å²) in [5.41, 5.74) is 2.82. The van der Waals surface area contributed by atoms with Gasteiger partial charge in [-0.3, -0.25) is 0 Å². The maximum absolute atomic E-state index is 12.6. The van der Waals surface area contributed by atoms with E-state index in [1.54, 1.807) is 4.90 Å². The number of aryl methyl sites for hydroxylation is 2. The number of rotatable bonds is 2. The molecule has 0 bridgehead atoms. The highest BCUT2D eigenvalue weighted by Crippen LogP contribution is 2.32. The zero-order chi connectivity index (χ0) is 23.7. The first-order valence-electron chi connectivity index (χ1n) is 10.9. The number of hydrogen-bond acceptors (Lipinski definition) is 5. The second-order valence-electron chi connectivity index (χ2n) is 8.83. The van der Waals surface area contributed by atoms with Crippen LogP contribution in [0.5, 0.6) is 0 Å². The molecule has 3 rings (SSSR count). The van der Waals surface area contributed by atoms with Gasteiger partial charge in [0.15, 0.2) is 0 Å². The van der Waals surface area contributed by atoms with Crippen molar-refractivity contribution in [1.29, 1.82) is 0 Å². The molecule has 2 radical (unpaired) electrons. The number of halogens is 1. The SMILES string of the molecule is CC.[B]c1c(C)cc2c(N(C)C3CCN(C(=O)OC(C)(C)C)C3C)nc(Cl)nc2c1C. The van der Waals surface area contributed by atoms with E-state index in [-0.39, 0.29) is 23.5 Å². The van der Waals surface area contributed by atoms with Gasteiger partial charge >= 0.3 is 6.09 Å². The summed E-state index contributed by atoms with van der Waals surface area (Å²) in [5.74, 6) is 0.745. The topological polar surface area (TPSA) is 58.6 Å². The monoisotopic (exact) mass is 444 g/mol. The first kappa shape index (κ1) is 25.2. The molecule has 6 nitrogen and oxygen atoms in total. The van der Waals surface area contributed by atoms with Gasteiger partial charge in [-0.2, -0.15) is 4.98 Å². The van der Waals surface area contributed by atoms with Crippen LogP contribution in [0, 0.1) is 13.8 Å². The first-order valence-corrected chi connectivity index (χ1v) is 11.2. The molecule has 0 saturated carbocycles. The van der Waals surface area contributed by atoms with E-state index in [9.17, 15) is 4.79 Å². The van der Waals surface area contributed by atoms with Crippen LogP contribution in [0.4, 0.5) is 10.6 Å². The number of aromatic nitrogens is 2. The molecule has 1 aliphatic heterocycles. The van der Waals surface area contributed by atoms with Crippen LogP contribution in [0.2, 0.25) is 5.28 Å². The van der Waals surface area contributed by atoms with E-state index >= 15 is 0 Å². The van der Waals surface area contributed by atoms with E-state index in [4.69, 9.17) is 24.2 Å². The van der Waals surface area contributed by atoms with E-state index in [0.29, 0.717) is 12.0 Å². The highest BCUT2D eigenvalue weighted by molar-refractivity contribution is 6.36. The number of hydrogen-bond donors (Lipinski definition) is 0. The van der Waals surface area contributed by atoms with Crippen LogP contribution in [0.1, 0.15) is 59.1 Å². The van der Waals surface area contributed by atoms with Gasteiger partial charge in [0.2, 0.25) is 5.28 Å². The summed E-state index contributed by atoms with van der Waals surface area (Å²) in [6, 6.07) is 2.05. The number of carbonyl (C=O) groups excluding carboxylic acids is 1. The van der Waals surface area contributed by atoms with Gasteiger partial charge in [0, 0.05) is 19.0 Å². The summed E-state index contributed by atoms with van der Waals surface area (Å²) in [7, 11) is 8.18. The molecule has 2 heterocycles. The summed E-state index contributed by atoms with van der Waals surface area (Å²) in [5, 5.41) is 1.09. The molecular formula is C23H34BClN4O2. The van der Waals surface area contributed by atoms with Gasteiger partial charge in [-0.25, -0.2) is 9.78 Å². The number of likely N-dealkylation sites (N-methyl/N-ethyl adjacent to an activating group) is 1. The number of benzene rings is 1. The fourth-order valence-corrected chi connectivity index (χ4v) is 4.18. The van der Waals surface area contributed by atoms with E-state index in [1.165, 1.54) is 0 Å². The van der Waals surface area contributed by atoms with Gasteiger partial charge in [-0.15, -0.1) is 0 Å². The predicted octanol–water partition coefficient (Wildman–Crippen LogP) is 4.55. The summed E-state index contributed by atoms with van der Waals surface area (Å²) in [4.78, 5) is 25.4. The maximum Gasteiger partial charge on any atom is 0.410 e. The number of fused-ring (bicyclic) bond motifs is 1. The lowest BCUT2D eigenvalue weighted by Crippen LogP contribution is -2.45. The second kappa shape index (κ2) is 9.64. The summed E-state index contributed by atoms with van der Waals surface area (Å²) >= 11 is 6.25. The number of amides is 1. The third kappa shape index (κ3) is 5.25. The van der Waals surface area contributed by atoms with Crippen molar-refractivity contribution in [2.24, 2.45) is 0 Å². The van der Waals surface area contributed by atoms with Gasteiger partial charge in [-0.05, 0) is 71.2 Å². The van der Waals surface area contributed by atoms with Gasteiger partial charge in [0.1, 0.15) is 19.3 Å². The van der Waals surface area contributed by atoms with E-state index < -0.39 is 5.60 Å². The third-order valence-electron chi connectivity index (χ3n) is 5.62. The van der Waals surface area contributed by atoms with Gasteiger partial charge in [0.05, 0.1) is 17.6 Å². The molecule has 0 N–H and O–H groups in total. The Bertz CT molecular complexity index is 961.